The van der Waals surface area contributed by atoms with Crippen LogP contribution in [0.1, 0.15) is 44.9 Å². The topological polar surface area (TPSA) is 60.9 Å². The molecule has 2 aliphatic carbocycles. The number of hydrogen-bond acceptors (Lipinski definition) is 2. The predicted molar refractivity (Wildman–Crippen MR) is 76.8 cm³/mol. The average Bonchev–Trinajstić information content (AvgIpc) is 3.38. The third-order valence-corrected chi connectivity index (χ3v) is 5.70. The molecule has 2 amide bonds. The van der Waals surface area contributed by atoms with Gasteiger partial charge >= 0.3 is 12.0 Å². The second-order valence-corrected chi connectivity index (χ2v) is 7.46. The highest BCUT2D eigenvalue weighted by Crippen LogP contribution is 2.43. The van der Waals surface area contributed by atoms with Crippen molar-refractivity contribution >= 4 is 12.0 Å². The number of rotatable bonds is 5. The zero-order valence-corrected chi connectivity index (χ0v) is 12.4. The van der Waals surface area contributed by atoms with Crippen molar-refractivity contribution in [3.63, 3.8) is 0 Å². The Morgan fingerprint density at radius 2 is 1.62 bits per heavy atom. The van der Waals surface area contributed by atoms with Crippen molar-refractivity contribution in [3.8, 4) is 0 Å². The van der Waals surface area contributed by atoms with Crippen molar-refractivity contribution in [1.29, 1.82) is 0 Å². The van der Waals surface area contributed by atoms with Crippen molar-refractivity contribution in [3.05, 3.63) is 0 Å². The van der Waals surface area contributed by atoms with E-state index in [1.54, 1.807) is 0 Å². The van der Waals surface area contributed by atoms with Gasteiger partial charge in [0.25, 0.3) is 0 Å². The van der Waals surface area contributed by atoms with E-state index >= 15 is 0 Å². The van der Waals surface area contributed by atoms with Crippen molar-refractivity contribution in [1.82, 2.24) is 9.80 Å². The molecule has 2 aliphatic heterocycles. The van der Waals surface area contributed by atoms with E-state index in [9.17, 15) is 14.7 Å². The number of fused-ring (bicyclic) bond motifs is 2. The number of aliphatic carboxylic acids is 1. The highest BCUT2D eigenvalue weighted by molar-refractivity contribution is 5.79. The number of carbonyl (C=O) groups is 2. The second kappa shape index (κ2) is 4.89. The Bertz CT molecular complexity index is 444. The molecule has 3 atom stereocenters. The molecule has 5 nitrogen and oxygen atoms in total. The largest absolute Gasteiger partial charge is 0.481 e. The molecule has 0 aromatic rings. The molecule has 2 saturated carbocycles. The minimum atomic E-state index is -0.726. The average molecular weight is 292 g/mol. The van der Waals surface area contributed by atoms with Gasteiger partial charge in [0.1, 0.15) is 0 Å². The molecule has 4 aliphatic rings. The molecular formula is C16H24N2O3. The van der Waals surface area contributed by atoms with E-state index in [4.69, 9.17) is 0 Å². The molecule has 3 unspecified atom stereocenters. The zero-order chi connectivity index (χ0) is 14.6. The van der Waals surface area contributed by atoms with Gasteiger partial charge in [0.05, 0.1) is 5.92 Å². The smallest absolute Gasteiger partial charge is 0.320 e. The standard InChI is InChI=1S/C16H24N2O3/c19-15(20)13-7-12-5-6-14(13)18(12)16(21)17(8-10-1-2-10)9-11-3-4-11/h10-14H,1-9H2,(H,19,20). The molecule has 0 aromatic carbocycles. The molecule has 0 spiro atoms. The Balaban J connectivity index is 1.48. The highest BCUT2D eigenvalue weighted by atomic mass is 16.4. The van der Waals surface area contributed by atoms with Gasteiger partial charge in [-0.2, -0.15) is 0 Å². The molecule has 116 valence electrons. The first-order valence-corrected chi connectivity index (χ1v) is 8.43. The summed E-state index contributed by atoms with van der Waals surface area (Å²) in [5.74, 6) is 0.332. The first kappa shape index (κ1) is 13.4. The van der Waals surface area contributed by atoms with E-state index in [1.807, 2.05) is 9.80 Å². The third-order valence-electron chi connectivity index (χ3n) is 5.70. The number of urea groups is 1. The number of carbonyl (C=O) groups excluding carboxylic acids is 1. The fraction of sp³-hybridized carbons (Fsp3) is 0.875. The molecule has 0 aromatic heterocycles. The molecule has 5 heteroatoms. The maximum absolute atomic E-state index is 13.0. The molecule has 2 heterocycles. The van der Waals surface area contributed by atoms with Crippen molar-refractivity contribution in [2.45, 2.75) is 57.0 Å². The summed E-state index contributed by atoms with van der Waals surface area (Å²) in [7, 11) is 0. The molecular weight excluding hydrogens is 268 g/mol. The molecule has 2 saturated heterocycles. The minimum Gasteiger partial charge on any atom is -0.481 e. The van der Waals surface area contributed by atoms with Gasteiger partial charge in [0.15, 0.2) is 0 Å². The van der Waals surface area contributed by atoms with Gasteiger partial charge < -0.3 is 14.9 Å². The van der Waals surface area contributed by atoms with Crippen LogP contribution < -0.4 is 0 Å². The van der Waals surface area contributed by atoms with Crippen LogP contribution >= 0.6 is 0 Å². The highest BCUT2D eigenvalue weighted by Gasteiger charge is 2.52. The van der Waals surface area contributed by atoms with Gasteiger partial charge in [-0.3, -0.25) is 4.79 Å². The maximum atomic E-state index is 13.0. The van der Waals surface area contributed by atoms with Gasteiger partial charge in [0, 0.05) is 25.2 Å². The van der Waals surface area contributed by atoms with Gasteiger partial charge in [0.2, 0.25) is 0 Å². The summed E-state index contributed by atoms with van der Waals surface area (Å²) in [5.41, 5.74) is 0. The van der Waals surface area contributed by atoms with Gasteiger partial charge in [-0.05, 0) is 56.8 Å². The molecule has 0 radical (unpaired) electrons. The number of amides is 2. The number of carboxylic acids is 1. The predicted octanol–water partition coefficient (Wildman–Crippen LogP) is 2.17. The summed E-state index contributed by atoms with van der Waals surface area (Å²) < 4.78 is 0. The Hall–Kier alpha value is -1.26. The lowest BCUT2D eigenvalue weighted by molar-refractivity contribution is -0.142. The minimum absolute atomic E-state index is 0.0547. The van der Waals surface area contributed by atoms with Crippen LogP contribution in [0.15, 0.2) is 0 Å². The molecule has 2 bridgehead atoms. The van der Waals surface area contributed by atoms with E-state index in [2.05, 4.69) is 0 Å². The number of carboxylic acid groups (broad SMARTS) is 1. The first-order valence-electron chi connectivity index (χ1n) is 8.43. The maximum Gasteiger partial charge on any atom is 0.320 e. The van der Waals surface area contributed by atoms with Gasteiger partial charge in [-0.1, -0.05) is 0 Å². The Morgan fingerprint density at radius 1 is 1.00 bits per heavy atom. The van der Waals surface area contributed by atoms with Crippen LogP contribution in [0, 0.1) is 17.8 Å². The Kier molecular flexibility index (Phi) is 3.12. The SMILES string of the molecule is O=C(O)C1CC2CCC1N2C(=O)N(CC1CC1)CC1CC1. The fourth-order valence-corrected chi connectivity index (χ4v) is 4.17. The van der Waals surface area contributed by atoms with Crippen LogP contribution in [0.5, 0.6) is 0 Å². The van der Waals surface area contributed by atoms with E-state index in [-0.39, 0.29) is 24.0 Å². The van der Waals surface area contributed by atoms with E-state index < -0.39 is 5.97 Å². The molecule has 4 fully saturated rings. The normalized spacial score (nSPS) is 34.3. The number of nitrogens with zero attached hydrogens (tertiary/aromatic N) is 2. The third kappa shape index (κ3) is 2.51. The first-order chi connectivity index (χ1) is 10.1. The summed E-state index contributed by atoms with van der Waals surface area (Å²) in [6, 6.07) is 0.246. The van der Waals surface area contributed by atoms with Crippen molar-refractivity contribution in [2.75, 3.05) is 13.1 Å². The van der Waals surface area contributed by atoms with E-state index in [0.717, 1.165) is 25.9 Å². The fourth-order valence-electron chi connectivity index (χ4n) is 4.17. The lowest BCUT2D eigenvalue weighted by atomic mass is 9.89. The summed E-state index contributed by atoms with van der Waals surface area (Å²) in [6.07, 6.45) is 7.51. The van der Waals surface area contributed by atoms with Gasteiger partial charge in [-0.25, -0.2) is 4.79 Å². The van der Waals surface area contributed by atoms with Gasteiger partial charge in [-0.15, -0.1) is 0 Å². The Morgan fingerprint density at radius 3 is 2.10 bits per heavy atom. The molecule has 21 heavy (non-hydrogen) atoms. The van der Waals surface area contributed by atoms with Crippen LogP contribution in [0.2, 0.25) is 0 Å². The van der Waals surface area contributed by atoms with Crippen LogP contribution in [-0.4, -0.2) is 52.1 Å². The number of hydrogen-bond donors (Lipinski definition) is 1. The van der Waals surface area contributed by atoms with Crippen LogP contribution in [0.3, 0.4) is 0 Å². The summed E-state index contributed by atoms with van der Waals surface area (Å²) in [5, 5.41) is 9.33. The lowest BCUT2D eigenvalue weighted by Crippen LogP contribution is -2.48. The quantitative estimate of drug-likeness (QED) is 0.844. The summed E-state index contributed by atoms with van der Waals surface area (Å²) in [4.78, 5) is 28.3. The van der Waals surface area contributed by atoms with Crippen LogP contribution in [-0.2, 0) is 4.79 Å². The second-order valence-electron chi connectivity index (χ2n) is 7.46. The van der Waals surface area contributed by atoms with Crippen molar-refractivity contribution < 1.29 is 14.7 Å². The summed E-state index contributed by atoms with van der Waals surface area (Å²) in [6.45, 7) is 1.78. The Labute approximate surface area is 125 Å². The van der Waals surface area contributed by atoms with E-state index in [0.29, 0.717) is 18.3 Å². The van der Waals surface area contributed by atoms with E-state index in [1.165, 1.54) is 25.7 Å². The van der Waals surface area contributed by atoms with Crippen LogP contribution in [0.4, 0.5) is 4.79 Å². The molecule has 1 N–H and O–H groups in total. The lowest BCUT2D eigenvalue weighted by Gasteiger charge is -2.31. The summed E-state index contributed by atoms with van der Waals surface area (Å²) >= 11 is 0. The zero-order valence-electron chi connectivity index (χ0n) is 12.4. The van der Waals surface area contributed by atoms with Crippen LogP contribution in [0.25, 0.3) is 0 Å². The molecule has 4 rings (SSSR count). The van der Waals surface area contributed by atoms with Crippen molar-refractivity contribution in [2.24, 2.45) is 17.8 Å². The monoisotopic (exact) mass is 292 g/mol.